The number of rotatable bonds is 5. The van der Waals surface area contributed by atoms with Crippen molar-refractivity contribution >= 4 is 11.8 Å². The molecule has 0 aromatic heterocycles. The molecule has 2 aliphatic rings. The first kappa shape index (κ1) is 17.2. The predicted octanol–water partition coefficient (Wildman–Crippen LogP) is -0.0594. The molecule has 2 amide bonds. The summed E-state index contributed by atoms with van der Waals surface area (Å²) in [6.45, 7) is 7.94. The van der Waals surface area contributed by atoms with Gasteiger partial charge in [-0.3, -0.25) is 14.5 Å². The number of carbonyl (C=O) groups is 2. The Morgan fingerprint density at radius 1 is 1.14 bits per heavy atom. The van der Waals surface area contributed by atoms with Gasteiger partial charge in [-0.15, -0.1) is 0 Å². The normalized spacial score (nSPS) is 23.5. The Kier molecular flexibility index (Phi) is 6.20. The van der Waals surface area contributed by atoms with Crippen molar-refractivity contribution in [3.8, 4) is 0 Å². The summed E-state index contributed by atoms with van der Waals surface area (Å²) in [5.41, 5.74) is 5.22. The van der Waals surface area contributed by atoms with Gasteiger partial charge in [-0.1, -0.05) is 6.92 Å². The van der Waals surface area contributed by atoms with Crippen molar-refractivity contribution < 1.29 is 9.59 Å². The molecule has 0 aliphatic carbocycles. The highest BCUT2D eigenvalue weighted by molar-refractivity contribution is 5.86. The number of hydrogen-bond acceptors (Lipinski definition) is 4. The van der Waals surface area contributed by atoms with Crippen LogP contribution in [0.2, 0.25) is 0 Å². The Hall–Kier alpha value is -1.14. The van der Waals surface area contributed by atoms with Gasteiger partial charge in [0.2, 0.25) is 11.8 Å². The van der Waals surface area contributed by atoms with Crippen LogP contribution in [0.15, 0.2) is 0 Å². The lowest BCUT2D eigenvalue weighted by molar-refractivity contribution is -0.129. The molecule has 2 heterocycles. The van der Waals surface area contributed by atoms with Gasteiger partial charge in [0.15, 0.2) is 0 Å². The van der Waals surface area contributed by atoms with Gasteiger partial charge in [0.05, 0.1) is 6.42 Å². The van der Waals surface area contributed by atoms with Crippen LogP contribution < -0.4 is 5.73 Å². The zero-order chi connectivity index (χ0) is 16.1. The van der Waals surface area contributed by atoms with Crippen molar-refractivity contribution in [1.82, 2.24) is 14.7 Å². The zero-order valence-electron chi connectivity index (χ0n) is 13.8. The second-order valence-electron chi connectivity index (χ2n) is 6.64. The van der Waals surface area contributed by atoms with Crippen LogP contribution >= 0.6 is 0 Å². The van der Waals surface area contributed by atoms with Gasteiger partial charge in [-0.2, -0.15) is 0 Å². The Balaban J connectivity index is 1.70. The fourth-order valence-corrected chi connectivity index (χ4v) is 3.16. The lowest BCUT2D eigenvalue weighted by Gasteiger charge is -2.42. The predicted molar refractivity (Wildman–Crippen MR) is 85.9 cm³/mol. The molecule has 0 aromatic carbocycles. The number of likely N-dealkylation sites (tertiary alicyclic amines) is 1. The molecule has 2 aliphatic heterocycles. The SMILES string of the molecule is C[C@@H](C[CH]C(=O)N1CCC(N2CCN(C)CC2)CC1)C(N)=O. The Morgan fingerprint density at radius 2 is 1.73 bits per heavy atom. The van der Waals surface area contributed by atoms with Crippen molar-refractivity contribution in [2.75, 3.05) is 46.3 Å². The largest absolute Gasteiger partial charge is 0.369 e. The summed E-state index contributed by atoms with van der Waals surface area (Å²) in [5, 5.41) is 0. The van der Waals surface area contributed by atoms with Crippen molar-refractivity contribution in [3.05, 3.63) is 6.42 Å². The summed E-state index contributed by atoms with van der Waals surface area (Å²) in [6, 6.07) is 0.613. The van der Waals surface area contributed by atoms with Crippen LogP contribution in [0.1, 0.15) is 26.2 Å². The van der Waals surface area contributed by atoms with Crippen molar-refractivity contribution in [2.45, 2.75) is 32.2 Å². The van der Waals surface area contributed by atoms with Crippen molar-refractivity contribution in [2.24, 2.45) is 11.7 Å². The molecule has 125 valence electrons. The summed E-state index contributed by atoms with van der Waals surface area (Å²) in [5.74, 6) is -0.574. The fourth-order valence-electron chi connectivity index (χ4n) is 3.16. The average molecular weight is 309 g/mol. The quantitative estimate of drug-likeness (QED) is 0.772. The van der Waals surface area contributed by atoms with Crippen LogP contribution in [0, 0.1) is 12.3 Å². The molecular weight excluding hydrogens is 280 g/mol. The van der Waals surface area contributed by atoms with Gasteiger partial charge < -0.3 is 15.5 Å². The van der Waals surface area contributed by atoms with E-state index in [4.69, 9.17) is 5.73 Å². The van der Waals surface area contributed by atoms with Crippen LogP contribution in [0.25, 0.3) is 0 Å². The minimum atomic E-state index is -0.349. The number of carbonyl (C=O) groups excluding carboxylic acids is 2. The smallest absolute Gasteiger partial charge is 0.226 e. The standard InChI is InChI=1S/C16H29N4O2/c1-13(16(17)22)3-4-15(21)20-7-5-14(6-8-20)19-11-9-18(2)10-12-19/h4,13-14H,3,5-12H2,1-2H3,(H2,17,22)/t13-/m0/s1. The third-order valence-electron chi connectivity index (χ3n) is 4.96. The second kappa shape index (κ2) is 7.92. The zero-order valence-corrected chi connectivity index (χ0v) is 13.8. The summed E-state index contributed by atoms with van der Waals surface area (Å²) < 4.78 is 0. The van der Waals surface area contributed by atoms with E-state index in [1.807, 2.05) is 4.90 Å². The number of amides is 2. The highest BCUT2D eigenvalue weighted by Gasteiger charge is 2.28. The van der Waals surface area contributed by atoms with Gasteiger partial charge in [0.25, 0.3) is 0 Å². The van der Waals surface area contributed by atoms with Gasteiger partial charge in [-0.25, -0.2) is 0 Å². The minimum absolute atomic E-state index is 0.0462. The van der Waals surface area contributed by atoms with Crippen LogP contribution in [-0.4, -0.2) is 78.9 Å². The Morgan fingerprint density at radius 3 is 2.27 bits per heavy atom. The van der Waals surface area contributed by atoms with Crippen LogP contribution in [0.5, 0.6) is 0 Å². The number of piperidine rings is 1. The monoisotopic (exact) mass is 309 g/mol. The highest BCUT2D eigenvalue weighted by atomic mass is 16.2. The van der Waals surface area contributed by atoms with E-state index in [1.165, 1.54) is 0 Å². The van der Waals surface area contributed by atoms with E-state index in [1.54, 1.807) is 13.3 Å². The topological polar surface area (TPSA) is 69.9 Å². The lowest BCUT2D eigenvalue weighted by Crippen LogP contribution is -2.53. The fraction of sp³-hybridized carbons (Fsp3) is 0.812. The van der Waals surface area contributed by atoms with Gasteiger partial charge >= 0.3 is 0 Å². The van der Waals surface area contributed by atoms with Crippen LogP contribution in [0.4, 0.5) is 0 Å². The molecule has 6 nitrogen and oxygen atoms in total. The van der Waals surface area contributed by atoms with Crippen molar-refractivity contribution in [1.29, 1.82) is 0 Å². The molecule has 6 heteroatoms. The van der Waals surface area contributed by atoms with E-state index in [2.05, 4.69) is 16.8 Å². The lowest BCUT2D eigenvalue weighted by atomic mass is 10.0. The maximum atomic E-state index is 12.1. The second-order valence-corrected chi connectivity index (χ2v) is 6.64. The third kappa shape index (κ3) is 4.68. The van der Waals surface area contributed by atoms with Gasteiger partial charge in [0, 0.05) is 51.2 Å². The van der Waals surface area contributed by atoms with E-state index >= 15 is 0 Å². The van der Waals surface area contributed by atoms with E-state index < -0.39 is 0 Å². The molecule has 0 aromatic rings. The molecule has 1 radical (unpaired) electrons. The maximum Gasteiger partial charge on any atom is 0.226 e. The number of primary amides is 1. The molecule has 0 bridgehead atoms. The molecule has 0 unspecified atom stereocenters. The number of piperazine rings is 1. The minimum Gasteiger partial charge on any atom is -0.369 e. The molecule has 2 saturated heterocycles. The molecular formula is C16H29N4O2. The maximum absolute atomic E-state index is 12.1. The molecule has 0 saturated carbocycles. The molecule has 2 N–H and O–H groups in total. The molecule has 1 atom stereocenters. The van der Waals surface area contributed by atoms with Crippen LogP contribution in [-0.2, 0) is 9.59 Å². The summed E-state index contributed by atoms with van der Waals surface area (Å²) in [7, 11) is 2.17. The number of nitrogens with two attached hydrogens (primary N) is 1. The summed E-state index contributed by atoms with van der Waals surface area (Å²) in [6.07, 6.45) is 4.15. The van der Waals surface area contributed by atoms with Gasteiger partial charge in [-0.05, 0) is 26.3 Å². The third-order valence-corrected chi connectivity index (χ3v) is 4.96. The molecule has 0 spiro atoms. The number of nitrogens with zero attached hydrogens (tertiary/aromatic N) is 3. The van der Waals surface area contributed by atoms with E-state index in [9.17, 15) is 9.59 Å². The summed E-state index contributed by atoms with van der Waals surface area (Å²) >= 11 is 0. The van der Waals surface area contributed by atoms with Crippen LogP contribution in [0.3, 0.4) is 0 Å². The number of hydrogen-bond donors (Lipinski definition) is 1. The molecule has 2 fully saturated rings. The first-order chi connectivity index (χ1) is 10.5. The Labute approximate surface area is 133 Å². The number of likely N-dealkylation sites (N-methyl/N-ethyl adjacent to an activating group) is 1. The van der Waals surface area contributed by atoms with E-state index in [0.717, 1.165) is 52.1 Å². The van der Waals surface area contributed by atoms with Crippen molar-refractivity contribution in [3.63, 3.8) is 0 Å². The first-order valence-electron chi connectivity index (χ1n) is 8.31. The summed E-state index contributed by atoms with van der Waals surface area (Å²) in [4.78, 5) is 30.0. The van der Waals surface area contributed by atoms with E-state index in [-0.39, 0.29) is 17.7 Å². The molecule has 2 rings (SSSR count). The van der Waals surface area contributed by atoms with Gasteiger partial charge in [0.1, 0.15) is 0 Å². The Bertz CT molecular complexity index is 386. The first-order valence-corrected chi connectivity index (χ1v) is 8.31. The average Bonchev–Trinajstić information content (AvgIpc) is 2.53. The highest BCUT2D eigenvalue weighted by Crippen LogP contribution is 2.19. The molecule has 22 heavy (non-hydrogen) atoms. The van der Waals surface area contributed by atoms with E-state index in [0.29, 0.717) is 12.5 Å².